The highest BCUT2D eigenvalue weighted by atomic mass is 16.5. The fourth-order valence-electron chi connectivity index (χ4n) is 3.20. The summed E-state index contributed by atoms with van der Waals surface area (Å²) in [5, 5.41) is 14.6. The molecule has 1 aliphatic rings. The Morgan fingerprint density at radius 2 is 1.93 bits per heavy atom. The van der Waals surface area contributed by atoms with Crippen molar-refractivity contribution in [3.63, 3.8) is 0 Å². The fraction of sp³-hybridized carbons (Fsp3) is 0.600. The van der Waals surface area contributed by atoms with Gasteiger partial charge in [-0.15, -0.1) is 0 Å². The molecular formula is C20H31N3O4. The summed E-state index contributed by atoms with van der Waals surface area (Å²) in [5.74, 6) is 0.468. The van der Waals surface area contributed by atoms with Gasteiger partial charge in [-0.1, -0.05) is 32.9 Å². The number of nitrogens with zero attached hydrogens (tertiary/aromatic N) is 1. The van der Waals surface area contributed by atoms with Gasteiger partial charge in [0.1, 0.15) is 12.4 Å². The van der Waals surface area contributed by atoms with E-state index in [0.29, 0.717) is 25.6 Å². The summed E-state index contributed by atoms with van der Waals surface area (Å²) in [6.45, 7) is 7.83. The maximum Gasteiger partial charge on any atom is 0.317 e. The van der Waals surface area contributed by atoms with Crippen LogP contribution in [0.25, 0.3) is 0 Å². The molecule has 1 aromatic carbocycles. The first-order chi connectivity index (χ1) is 12.9. The third-order valence-corrected chi connectivity index (χ3v) is 4.91. The summed E-state index contributed by atoms with van der Waals surface area (Å²) in [4.78, 5) is 24.7. The number of carboxylic acid groups (broad SMARTS) is 1. The van der Waals surface area contributed by atoms with Gasteiger partial charge < -0.3 is 20.5 Å². The van der Waals surface area contributed by atoms with Gasteiger partial charge in [-0.05, 0) is 43.0 Å². The number of nitrogens with one attached hydrogen (secondary N) is 2. The Bertz CT molecular complexity index is 612. The van der Waals surface area contributed by atoms with Crippen molar-refractivity contribution in [2.75, 3.05) is 26.2 Å². The molecule has 0 radical (unpaired) electrons. The molecule has 0 unspecified atom stereocenters. The number of aliphatic carboxylic acids is 1. The lowest BCUT2D eigenvalue weighted by Crippen LogP contribution is -2.56. The summed E-state index contributed by atoms with van der Waals surface area (Å²) < 4.78 is 5.63. The van der Waals surface area contributed by atoms with Crippen molar-refractivity contribution >= 4 is 12.0 Å². The Balaban J connectivity index is 1.58. The topological polar surface area (TPSA) is 90.9 Å². The number of rotatable bonds is 10. The smallest absolute Gasteiger partial charge is 0.317 e. The molecule has 0 heterocycles. The average Bonchev–Trinajstić information content (AvgIpc) is 2.60. The maximum atomic E-state index is 11.9. The van der Waals surface area contributed by atoms with Gasteiger partial charge in [-0.3, -0.25) is 9.69 Å². The van der Waals surface area contributed by atoms with Crippen LogP contribution in [-0.4, -0.2) is 60.3 Å². The molecule has 3 N–H and O–H groups in total. The second-order valence-corrected chi connectivity index (χ2v) is 7.25. The van der Waals surface area contributed by atoms with Crippen molar-refractivity contribution < 1.29 is 19.4 Å². The molecule has 0 saturated heterocycles. The molecule has 1 aromatic rings. The third-order valence-electron chi connectivity index (χ3n) is 4.91. The molecule has 1 saturated carbocycles. The Morgan fingerprint density at radius 3 is 2.48 bits per heavy atom. The molecule has 0 spiro atoms. The lowest BCUT2D eigenvalue weighted by Gasteiger charge is -2.42. The Morgan fingerprint density at radius 1 is 1.26 bits per heavy atom. The number of amides is 2. The third kappa shape index (κ3) is 6.75. The zero-order valence-corrected chi connectivity index (χ0v) is 16.4. The summed E-state index contributed by atoms with van der Waals surface area (Å²) in [6.07, 6.45) is 1.57. The predicted octanol–water partition coefficient (Wildman–Crippen LogP) is 2.43. The number of likely N-dealkylation sites (N-methyl/N-ethyl adjacent to an activating group) is 1. The molecule has 2 rings (SSSR count). The minimum absolute atomic E-state index is 0.0512. The van der Waals surface area contributed by atoms with Crippen LogP contribution in [0.15, 0.2) is 24.3 Å². The minimum atomic E-state index is -0.815. The molecule has 27 heavy (non-hydrogen) atoms. The molecule has 0 bridgehead atoms. The Labute approximate surface area is 161 Å². The molecule has 150 valence electrons. The second-order valence-electron chi connectivity index (χ2n) is 7.25. The van der Waals surface area contributed by atoms with Gasteiger partial charge in [0, 0.05) is 12.1 Å². The molecule has 2 amide bonds. The monoisotopic (exact) mass is 377 g/mol. The van der Waals surface area contributed by atoms with Crippen molar-refractivity contribution in [3.8, 4) is 5.75 Å². The van der Waals surface area contributed by atoms with Gasteiger partial charge in [-0.2, -0.15) is 0 Å². The van der Waals surface area contributed by atoms with E-state index < -0.39 is 5.97 Å². The maximum absolute atomic E-state index is 11.9. The number of ether oxygens (including phenoxy) is 1. The van der Waals surface area contributed by atoms with Crippen molar-refractivity contribution in [1.82, 2.24) is 15.5 Å². The first kappa shape index (κ1) is 21.0. The van der Waals surface area contributed by atoms with E-state index in [4.69, 9.17) is 9.84 Å². The standard InChI is InChI=1S/C20H31N3O4/c1-4-23(13-19(24)25)17-11-16(12-17)22-20(26)21-9-10-27-18-7-5-15(6-8-18)14(2)3/h5-8,14,16-17H,4,9-13H2,1-3H3,(H,24,25)(H2,21,22,26). The highest BCUT2D eigenvalue weighted by molar-refractivity contribution is 5.74. The minimum Gasteiger partial charge on any atom is -0.492 e. The number of hydrogen-bond acceptors (Lipinski definition) is 4. The van der Waals surface area contributed by atoms with E-state index in [9.17, 15) is 9.59 Å². The van der Waals surface area contributed by atoms with Crippen LogP contribution in [0.1, 0.15) is 45.1 Å². The van der Waals surface area contributed by atoms with Crippen LogP contribution in [0.3, 0.4) is 0 Å². The predicted molar refractivity (Wildman–Crippen MR) is 104 cm³/mol. The van der Waals surface area contributed by atoms with Crippen molar-refractivity contribution in [3.05, 3.63) is 29.8 Å². The van der Waals surface area contributed by atoms with Crippen molar-refractivity contribution in [2.24, 2.45) is 0 Å². The molecule has 0 atom stereocenters. The molecule has 0 aliphatic heterocycles. The van der Waals surface area contributed by atoms with Crippen LogP contribution in [0.2, 0.25) is 0 Å². The molecular weight excluding hydrogens is 346 g/mol. The molecule has 1 aliphatic carbocycles. The van der Waals surface area contributed by atoms with E-state index in [-0.39, 0.29) is 24.7 Å². The van der Waals surface area contributed by atoms with Gasteiger partial charge in [0.05, 0.1) is 13.1 Å². The SMILES string of the molecule is CCN(CC(=O)O)C1CC(NC(=O)NCCOc2ccc(C(C)C)cc2)C1. The fourth-order valence-corrected chi connectivity index (χ4v) is 3.20. The van der Waals surface area contributed by atoms with Crippen LogP contribution in [0.4, 0.5) is 4.79 Å². The van der Waals surface area contributed by atoms with E-state index in [1.165, 1.54) is 5.56 Å². The summed E-state index contributed by atoms with van der Waals surface area (Å²) in [7, 11) is 0. The van der Waals surface area contributed by atoms with Crippen LogP contribution in [0, 0.1) is 0 Å². The van der Waals surface area contributed by atoms with Crippen LogP contribution >= 0.6 is 0 Å². The van der Waals surface area contributed by atoms with Crippen molar-refractivity contribution in [2.45, 2.75) is 51.6 Å². The normalized spacial score (nSPS) is 18.9. The first-order valence-electron chi connectivity index (χ1n) is 9.62. The highest BCUT2D eigenvalue weighted by Crippen LogP contribution is 2.25. The second kappa shape index (κ2) is 10.2. The number of carboxylic acids is 1. The molecule has 1 fully saturated rings. The molecule has 7 heteroatoms. The van der Waals surface area contributed by atoms with E-state index in [0.717, 1.165) is 18.6 Å². The van der Waals surface area contributed by atoms with Gasteiger partial charge in [-0.25, -0.2) is 4.79 Å². The van der Waals surface area contributed by atoms with Crippen LogP contribution in [-0.2, 0) is 4.79 Å². The summed E-state index contributed by atoms with van der Waals surface area (Å²) >= 11 is 0. The lowest BCUT2D eigenvalue weighted by molar-refractivity contribution is -0.139. The Hall–Kier alpha value is -2.28. The van der Waals surface area contributed by atoms with Crippen molar-refractivity contribution in [1.29, 1.82) is 0 Å². The van der Waals surface area contributed by atoms with Gasteiger partial charge in [0.25, 0.3) is 0 Å². The average molecular weight is 377 g/mol. The largest absolute Gasteiger partial charge is 0.492 e. The van der Waals surface area contributed by atoms with E-state index in [2.05, 4.69) is 36.6 Å². The molecule has 0 aromatic heterocycles. The number of carbonyl (C=O) groups is 2. The van der Waals surface area contributed by atoms with E-state index in [1.54, 1.807) is 0 Å². The highest BCUT2D eigenvalue weighted by Gasteiger charge is 2.34. The summed E-state index contributed by atoms with van der Waals surface area (Å²) in [6, 6.07) is 8.12. The van der Waals surface area contributed by atoms with E-state index in [1.807, 2.05) is 24.0 Å². The Kier molecular flexibility index (Phi) is 7.91. The number of carbonyl (C=O) groups excluding carboxylic acids is 1. The van der Waals surface area contributed by atoms with Gasteiger partial charge >= 0.3 is 12.0 Å². The molecule has 7 nitrogen and oxygen atoms in total. The summed E-state index contributed by atoms with van der Waals surface area (Å²) in [5.41, 5.74) is 1.27. The first-order valence-corrected chi connectivity index (χ1v) is 9.62. The van der Waals surface area contributed by atoms with Crippen LogP contribution in [0.5, 0.6) is 5.75 Å². The quantitative estimate of drug-likeness (QED) is 0.545. The zero-order valence-electron chi connectivity index (χ0n) is 16.4. The van der Waals surface area contributed by atoms with E-state index >= 15 is 0 Å². The number of benzene rings is 1. The zero-order chi connectivity index (χ0) is 19.8. The lowest BCUT2D eigenvalue weighted by atomic mass is 9.85. The number of hydrogen-bond donors (Lipinski definition) is 3. The van der Waals surface area contributed by atoms with Gasteiger partial charge in [0.15, 0.2) is 0 Å². The van der Waals surface area contributed by atoms with Crippen LogP contribution < -0.4 is 15.4 Å². The number of urea groups is 1. The van der Waals surface area contributed by atoms with Gasteiger partial charge in [0.2, 0.25) is 0 Å².